The second-order valence-electron chi connectivity index (χ2n) is 7.68. The molecule has 7 heteroatoms. The molecule has 1 amide bonds. The van der Waals surface area contributed by atoms with E-state index in [2.05, 4.69) is 45.9 Å². The highest BCUT2D eigenvalue weighted by Gasteiger charge is 2.39. The van der Waals surface area contributed by atoms with Crippen LogP contribution >= 0.6 is 23.1 Å². The molecule has 2 bridgehead atoms. The molecule has 1 aromatic carbocycles. The third kappa shape index (κ3) is 3.94. The molecular weight excluding hydrogens is 390 g/mol. The molecule has 3 fully saturated rings. The minimum absolute atomic E-state index is 0.0684. The Kier molecular flexibility index (Phi) is 5.32. The van der Waals surface area contributed by atoms with Gasteiger partial charge in [-0.3, -0.25) is 4.79 Å². The molecular formula is C21H25N3O2S2. The van der Waals surface area contributed by atoms with Crippen molar-refractivity contribution in [2.75, 3.05) is 31.2 Å². The summed E-state index contributed by atoms with van der Waals surface area (Å²) in [6, 6.07) is 14.0. The summed E-state index contributed by atoms with van der Waals surface area (Å²) in [5, 5.41) is 6.81. The molecule has 5 nitrogen and oxygen atoms in total. The molecule has 3 atom stereocenters. The van der Waals surface area contributed by atoms with Gasteiger partial charge in [0.25, 0.3) is 5.91 Å². The van der Waals surface area contributed by atoms with Crippen molar-refractivity contribution in [1.82, 2.24) is 10.6 Å². The number of amides is 1. The number of carbonyl (C=O) groups excluding carboxylic acids is 1. The lowest BCUT2D eigenvalue weighted by molar-refractivity contribution is 0.0935. The average molecular weight is 416 g/mol. The van der Waals surface area contributed by atoms with Gasteiger partial charge in [-0.25, -0.2) is 0 Å². The highest BCUT2D eigenvalue weighted by Crippen LogP contribution is 2.35. The van der Waals surface area contributed by atoms with Crippen molar-refractivity contribution in [3.8, 4) is 0 Å². The predicted molar refractivity (Wildman–Crippen MR) is 114 cm³/mol. The number of nitrogens with one attached hydrogen (secondary N) is 2. The van der Waals surface area contributed by atoms with Crippen LogP contribution in [0.25, 0.3) is 0 Å². The molecule has 3 aliphatic heterocycles. The van der Waals surface area contributed by atoms with Crippen LogP contribution in [0.5, 0.6) is 0 Å². The van der Waals surface area contributed by atoms with Crippen molar-refractivity contribution in [2.45, 2.75) is 46.5 Å². The third-order valence-corrected chi connectivity index (χ3v) is 8.08. The third-order valence-electron chi connectivity index (χ3n) is 5.85. The fraction of sp³-hybridized carbons (Fsp3) is 0.476. The molecule has 5 rings (SSSR count). The minimum atomic E-state index is 0.0684. The average Bonchev–Trinajstić information content (AvgIpc) is 3.46. The number of carbonyl (C=O) groups is 1. The number of hydrogen-bond donors (Lipinski definition) is 2. The topological polar surface area (TPSA) is 53.6 Å². The van der Waals surface area contributed by atoms with Gasteiger partial charge in [0.2, 0.25) is 0 Å². The molecule has 148 valence electrons. The molecule has 0 unspecified atom stereocenters. The van der Waals surface area contributed by atoms with Gasteiger partial charge < -0.3 is 20.3 Å². The number of morpholine rings is 1. The lowest BCUT2D eigenvalue weighted by Gasteiger charge is -2.28. The maximum Gasteiger partial charge on any atom is 0.261 e. The van der Waals surface area contributed by atoms with Crippen LogP contribution in [0.2, 0.25) is 0 Å². The number of fused-ring (bicyclic) bond motifs is 2. The normalized spacial score (nSPS) is 26.6. The molecule has 0 aliphatic carbocycles. The van der Waals surface area contributed by atoms with Gasteiger partial charge in [0.1, 0.15) is 0 Å². The van der Waals surface area contributed by atoms with Crippen LogP contribution in [0.3, 0.4) is 0 Å². The minimum Gasteiger partial charge on any atom is -0.378 e. The van der Waals surface area contributed by atoms with E-state index in [9.17, 15) is 4.79 Å². The van der Waals surface area contributed by atoms with Crippen LogP contribution in [0.4, 0.5) is 5.69 Å². The Morgan fingerprint density at radius 1 is 1.14 bits per heavy atom. The van der Waals surface area contributed by atoms with Crippen molar-refractivity contribution in [3.05, 3.63) is 41.3 Å². The molecule has 2 aromatic rings. The summed E-state index contributed by atoms with van der Waals surface area (Å²) in [4.78, 5) is 17.0. The number of benzene rings is 1. The van der Waals surface area contributed by atoms with E-state index < -0.39 is 0 Å². The van der Waals surface area contributed by atoms with E-state index in [1.807, 2.05) is 6.07 Å². The number of anilines is 1. The summed E-state index contributed by atoms with van der Waals surface area (Å²) >= 11 is 3.29. The Morgan fingerprint density at radius 2 is 1.96 bits per heavy atom. The first-order valence-electron chi connectivity index (χ1n) is 10.0. The summed E-state index contributed by atoms with van der Waals surface area (Å²) in [5.74, 6) is 0.0684. The smallest absolute Gasteiger partial charge is 0.261 e. The second kappa shape index (κ2) is 8.06. The SMILES string of the molecule is O=C(N[C@@H]1C[C@H]2CC[C@@H]1N2)c1ccc(Sc2ccc(N3CCOCC3)cc2)s1. The highest BCUT2D eigenvalue weighted by molar-refractivity contribution is 8.01. The van der Waals surface area contributed by atoms with E-state index >= 15 is 0 Å². The van der Waals surface area contributed by atoms with Crippen molar-refractivity contribution < 1.29 is 9.53 Å². The Hall–Kier alpha value is -1.54. The van der Waals surface area contributed by atoms with Gasteiger partial charge in [-0.05, 0) is 55.7 Å². The van der Waals surface area contributed by atoms with Crippen molar-refractivity contribution >= 4 is 34.7 Å². The Morgan fingerprint density at radius 3 is 2.68 bits per heavy atom. The van der Waals surface area contributed by atoms with E-state index in [4.69, 9.17) is 4.74 Å². The fourth-order valence-corrected chi connectivity index (χ4v) is 6.39. The largest absolute Gasteiger partial charge is 0.378 e. The molecule has 1 aromatic heterocycles. The van der Waals surface area contributed by atoms with Gasteiger partial charge in [-0.2, -0.15) is 0 Å². The first-order chi connectivity index (χ1) is 13.7. The number of thiophene rings is 1. The second-order valence-corrected chi connectivity index (χ2v) is 10.1. The van der Waals surface area contributed by atoms with Gasteiger partial charge in [0, 0.05) is 41.8 Å². The standard InChI is InChI=1S/C21H25N3O2S2/c25-21(23-18-13-14-1-6-17(18)22-14)19-7-8-20(28-19)27-16-4-2-15(3-5-16)24-9-11-26-12-10-24/h2-5,7-8,14,17-18,22H,1,6,9-13H2,(H,23,25)/t14-,17+,18-/m1/s1. The maximum atomic E-state index is 12.6. The van der Waals surface area contributed by atoms with Crippen LogP contribution in [0, 0.1) is 0 Å². The maximum absolute atomic E-state index is 12.6. The van der Waals surface area contributed by atoms with Gasteiger partial charge >= 0.3 is 0 Å². The van der Waals surface area contributed by atoms with E-state index in [1.54, 1.807) is 23.1 Å². The summed E-state index contributed by atoms with van der Waals surface area (Å²) in [6.07, 6.45) is 3.50. The Balaban J connectivity index is 1.18. The van der Waals surface area contributed by atoms with Crippen LogP contribution in [0.1, 0.15) is 28.9 Å². The van der Waals surface area contributed by atoms with Gasteiger partial charge in [0.15, 0.2) is 0 Å². The van der Waals surface area contributed by atoms with Crippen molar-refractivity contribution in [3.63, 3.8) is 0 Å². The van der Waals surface area contributed by atoms with E-state index in [0.717, 1.165) is 41.8 Å². The van der Waals surface area contributed by atoms with Gasteiger partial charge in [-0.1, -0.05) is 11.8 Å². The van der Waals surface area contributed by atoms with E-state index in [1.165, 1.54) is 23.4 Å². The summed E-state index contributed by atoms with van der Waals surface area (Å²) in [5.41, 5.74) is 1.25. The molecule has 3 aliphatic rings. The number of rotatable bonds is 5. The van der Waals surface area contributed by atoms with Crippen molar-refractivity contribution in [1.29, 1.82) is 0 Å². The Bertz CT molecular complexity index is 832. The zero-order valence-electron chi connectivity index (χ0n) is 15.7. The number of nitrogens with zero attached hydrogens (tertiary/aromatic N) is 1. The fourth-order valence-electron chi connectivity index (χ4n) is 4.38. The van der Waals surface area contributed by atoms with Crippen LogP contribution in [-0.2, 0) is 4.74 Å². The van der Waals surface area contributed by atoms with Crippen LogP contribution < -0.4 is 15.5 Å². The zero-order chi connectivity index (χ0) is 18.9. The predicted octanol–water partition coefficient (Wildman–Crippen LogP) is 3.36. The Labute approximate surface area is 173 Å². The number of ether oxygens (including phenoxy) is 1. The molecule has 3 saturated heterocycles. The number of hydrogen-bond acceptors (Lipinski definition) is 6. The summed E-state index contributed by atoms with van der Waals surface area (Å²) < 4.78 is 6.57. The van der Waals surface area contributed by atoms with Crippen LogP contribution in [-0.4, -0.2) is 50.3 Å². The first-order valence-corrected chi connectivity index (χ1v) is 11.7. The lowest BCUT2D eigenvalue weighted by Crippen LogP contribution is -2.42. The van der Waals surface area contributed by atoms with Gasteiger partial charge in [-0.15, -0.1) is 11.3 Å². The van der Waals surface area contributed by atoms with Crippen LogP contribution in [0.15, 0.2) is 45.5 Å². The lowest BCUT2D eigenvalue weighted by atomic mass is 9.95. The van der Waals surface area contributed by atoms with Crippen molar-refractivity contribution in [2.24, 2.45) is 0 Å². The highest BCUT2D eigenvalue weighted by atomic mass is 32.2. The van der Waals surface area contributed by atoms with Gasteiger partial charge in [0.05, 0.1) is 22.3 Å². The molecule has 0 saturated carbocycles. The first kappa shape index (κ1) is 18.5. The quantitative estimate of drug-likeness (QED) is 0.784. The molecule has 0 spiro atoms. The molecule has 28 heavy (non-hydrogen) atoms. The summed E-state index contributed by atoms with van der Waals surface area (Å²) in [6.45, 7) is 3.51. The monoisotopic (exact) mass is 415 g/mol. The van der Waals surface area contributed by atoms with E-state index in [-0.39, 0.29) is 11.9 Å². The summed E-state index contributed by atoms with van der Waals surface area (Å²) in [7, 11) is 0. The van der Waals surface area contributed by atoms with E-state index in [0.29, 0.717) is 12.1 Å². The molecule has 4 heterocycles. The molecule has 2 N–H and O–H groups in total. The molecule has 0 radical (unpaired) electrons. The zero-order valence-corrected chi connectivity index (χ0v) is 17.4.